The van der Waals surface area contributed by atoms with Crippen LogP contribution in [0.3, 0.4) is 0 Å². The molecule has 1 saturated heterocycles. The molecule has 29 heavy (non-hydrogen) atoms. The van der Waals surface area contributed by atoms with Gasteiger partial charge in [0.2, 0.25) is 5.91 Å². The molecular weight excluding hydrogens is 358 g/mol. The molecule has 0 N–H and O–H groups in total. The second kappa shape index (κ2) is 7.86. The van der Waals surface area contributed by atoms with Crippen LogP contribution in [0.15, 0.2) is 54.9 Å². The molecule has 1 aliphatic heterocycles. The molecule has 0 aliphatic carbocycles. The van der Waals surface area contributed by atoms with Crippen LogP contribution in [-0.2, 0) is 10.2 Å². The Hall–Kier alpha value is -2.88. The summed E-state index contributed by atoms with van der Waals surface area (Å²) in [7, 11) is 0. The van der Waals surface area contributed by atoms with E-state index in [0.29, 0.717) is 0 Å². The summed E-state index contributed by atoms with van der Waals surface area (Å²) in [6.45, 7) is 8.34. The van der Waals surface area contributed by atoms with E-state index in [2.05, 4.69) is 54.6 Å². The number of aromatic nitrogens is 2. The van der Waals surface area contributed by atoms with Gasteiger partial charge in [-0.2, -0.15) is 0 Å². The fourth-order valence-corrected chi connectivity index (χ4v) is 3.90. The summed E-state index contributed by atoms with van der Waals surface area (Å²) >= 11 is 0. The van der Waals surface area contributed by atoms with E-state index in [1.807, 2.05) is 35.5 Å². The normalized spacial score (nSPS) is 15.3. The summed E-state index contributed by atoms with van der Waals surface area (Å²) in [5.74, 6) is 0.102. The Morgan fingerprint density at radius 2 is 1.76 bits per heavy atom. The molecule has 0 radical (unpaired) electrons. The third-order valence-corrected chi connectivity index (χ3v) is 5.65. The maximum atomic E-state index is 12.7. The highest BCUT2D eigenvalue weighted by Crippen LogP contribution is 2.30. The van der Waals surface area contributed by atoms with Crippen molar-refractivity contribution in [2.45, 2.75) is 45.4 Å². The number of carbonyl (C=O) groups excluding carboxylic acids is 1. The summed E-state index contributed by atoms with van der Waals surface area (Å²) in [5, 5.41) is 0. The Bertz CT molecular complexity index is 1040. The predicted molar refractivity (Wildman–Crippen MR) is 119 cm³/mol. The molecule has 1 fully saturated rings. The Morgan fingerprint density at radius 3 is 2.45 bits per heavy atom. The Morgan fingerprint density at radius 1 is 1.03 bits per heavy atom. The molecule has 150 valence electrons. The van der Waals surface area contributed by atoms with Crippen molar-refractivity contribution >= 4 is 23.0 Å². The van der Waals surface area contributed by atoms with Crippen molar-refractivity contribution in [3.05, 3.63) is 66.0 Å². The minimum absolute atomic E-state index is 0.00415. The standard InChI is InChI=1S/C25H29N3O/c1-25(2,3)20-16-19(12-13-23(29)27-14-8-5-9-15-27)24-22(17-20)26-18-28(24)21-10-6-4-7-11-21/h4,6-7,10-13,16-18H,5,8-9,14-15H2,1-3H3. The van der Waals surface area contributed by atoms with Crippen LogP contribution in [0.1, 0.15) is 51.2 Å². The quantitative estimate of drug-likeness (QED) is 0.568. The lowest BCUT2D eigenvalue weighted by atomic mass is 9.85. The number of imidazole rings is 1. The molecule has 0 atom stereocenters. The van der Waals surface area contributed by atoms with Crippen LogP contribution in [0, 0.1) is 0 Å². The van der Waals surface area contributed by atoms with Crippen molar-refractivity contribution < 1.29 is 4.79 Å². The third-order valence-electron chi connectivity index (χ3n) is 5.65. The predicted octanol–water partition coefficient (Wildman–Crippen LogP) is 5.35. The van der Waals surface area contributed by atoms with Gasteiger partial charge in [-0.3, -0.25) is 9.36 Å². The van der Waals surface area contributed by atoms with Gasteiger partial charge in [-0.15, -0.1) is 0 Å². The number of amides is 1. The van der Waals surface area contributed by atoms with Gasteiger partial charge in [0.05, 0.1) is 11.0 Å². The van der Waals surface area contributed by atoms with Crippen molar-refractivity contribution in [2.75, 3.05) is 13.1 Å². The van der Waals surface area contributed by atoms with Crippen LogP contribution >= 0.6 is 0 Å². The first kappa shape index (κ1) is 19.4. The molecular formula is C25H29N3O. The van der Waals surface area contributed by atoms with E-state index in [4.69, 9.17) is 0 Å². The molecule has 0 unspecified atom stereocenters. The van der Waals surface area contributed by atoms with Crippen LogP contribution in [0.5, 0.6) is 0 Å². The summed E-state index contributed by atoms with van der Waals surface area (Å²) in [6.07, 6.45) is 8.99. The summed E-state index contributed by atoms with van der Waals surface area (Å²) in [5.41, 5.74) is 5.30. The number of benzene rings is 2. The van der Waals surface area contributed by atoms with Crippen molar-refractivity contribution in [1.82, 2.24) is 14.5 Å². The van der Waals surface area contributed by atoms with Gasteiger partial charge in [-0.25, -0.2) is 4.98 Å². The summed E-state index contributed by atoms with van der Waals surface area (Å²) in [4.78, 5) is 19.3. The highest BCUT2D eigenvalue weighted by molar-refractivity contribution is 5.95. The molecule has 2 heterocycles. The topological polar surface area (TPSA) is 38.1 Å². The molecule has 0 bridgehead atoms. The van der Waals surface area contributed by atoms with Gasteiger partial charge in [0.25, 0.3) is 0 Å². The fourth-order valence-electron chi connectivity index (χ4n) is 3.90. The minimum atomic E-state index is 0.00415. The Kier molecular flexibility index (Phi) is 5.27. The number of piperidine rings is 1. The first-order valence-electron chi connectivity index (χ1n) is 10.5. The first-order chi connectivity index (χ1) is 13.9. The smallest absolute Gasteiger partial charge is 0.246 e. The highest BCUT2D eigenvalue weighted by Gasteiger charge is 2.19. The van der Waals surface area contributed by atoms with E-state index in [1.54, 1.807) is 6.08 Å². The molecule has 1 aromatic heterocycles. The SMILES string of the molecule is CC(C)(C)c1cc(C=CC(=O)N2CCCCC2)c2c(c1)ncn2-c1ccccc1. The average molecular weight is 388 g/mol. The van der Waals surface area contributed by atoms with E-state index in [-0.39, 0.29) is 11.3 Å². The highest BCUT2D eigenvalue weighted by atomic mass is 16.2. The van der Waals surface area contributed by atoms with Crippen LogP contribution < -0.4 is 0 Å². The number of hydrogen-bond donors (Lipinski definition) is 0. The number of nitrogens with zero attached hydrogens (tertiary/aromatic N) is 3. The number of likely N-dealkylation sites (tertiary alicyclic amines) is 1. The molecule has 4 nitrogen and oxygen atoms in total. The van der Waals surface area contributed by atoms with Crippen molar-refractivity contribution in [3.8, 4) is 5.69 Å². The number of carbonyl (C=O) groups is 1. The number of rotatable bonds is 3. The lowest BCUT2D eigenvalue weighted by molar-refractivity contribution is -0.126. The van der Waals surface area contributed by atoms with Gasteiger partial charge in [0, 0.05) is 30.4 Å². The zero-order chi connectivity index (χ0) is 20.4. The van der Waals surface area contributed by atoms with E-state index in [9.17, 15) is 4.79 Å². The van der Waals surface area contributed by atoms with Gasteiger partial charge in [0.15, 0.2) is 0 Å². The average Bonchev–Trinajstić information content (AvgIpc) is 3.17. The van der Waals surface area contributed by atoms with Crippen LogP contribution in [0.4, 0.5) is 0 Å². The number of fused-ring (bicyclic) bond motifs is 1. The maximum absolute atomic E-state index is 12.7. The maximum Gasteiger partial charge on any atom is 0.246 e. The third kappa shape index (κ3) is 4.12. The van der Waals surface area contributed by atoms with Gasteiger partial charge >= 0.3 is 0 Å². The molecule has 0 spiro atoms. The molecule has 4 heteroatoms. The molecule has 2 aromatic carbocycles. The van der Waals surface area contributed by atoms with Crippen molar-refractivity contribution in [3.63, 3.8) is 0 Å². The monoisotopic (exact) mass is 387 g/mol. The summed E-state index contributed by atoms with van der Waals surface area (Å²) in [6, 6.07) is 14.6. The second-order valence-electron chi connectivity index (χ2n) is 8.85. The lowest BCUT2D eigenvalue weighted by Crippen LogP contribution is -2.34. The number of hydrogen-bond acceptors (Lipinski definition) is 2. The first-order valence-corrected chi connectivity index (χ1v) is 10.5. The van der Waals surface area contributed by atoms with Crippen LogP contribution in [-0.4, -0.2) is 33.4 Å². The molecule has 1 amide bonds. The van der Waals surface area contributed by atoms with E-state index < -0.39 is 0 Å². The van der Waals surface area contributed by atoms with Gasteiger partial charge in [0.1, 0.15) is 6.33 Å². The fraction of sp³-hybridized carbons (Fsp3) is 0.360. The zero-order valence-corrected chi connectivity index (χ0v) is 17.6. The van der Waals surface area contributed by atoms with Crippen molar-refractivity contribution in [2.24, 2.45) is 0 Å². The van der Waals surface area contributed by atoms with Crippen molar-refractivity contribution in [1.29, 1.82) is 0 Å². The largest absolute Gasteiger partial charge is 0.339 e. The van der Waals surface area contributed by atoms with E-state index in [1.165, 1.54) is 12.0 Å². The molecule has 0 saturated carbocycles. The van der Waals surface area contributed by atoms with Gasteiger partial charge in [-0.1, -0.05) is 39.0 Å². The zero-order valence-electron chi connectivity index (χ0n) is 17.6. The number of para-hydroxylation sites is 1. The molecule has 4 rings (SSSR count). The van der Waals surface area contributed by atoms with Gasteiger partial charge < -0.3 is 4.90 Å². The van der Waals surface area contributed by atoms with E-state index in [0.717, 1.165) is 48.2 Å². The molecule has 1 aliphatic rings. The van der Waals surface area contributed by atoms with Gasteiger partial charge in [-0.05, 0) is 60.6 Å². The van der Waals surface area contributed by atoms with Crippen LogP contribution in [0.2, 0.25) is 0 Å². The lowest BCUT2D eigenvalue weighted by Gasteiger charge is -2.25. The Labute approximate surface area is 172 Å². The van der Waals surface area contributed by atoms with Crippen LogP contribution in [0.25, 0.3) is 22.8 Å². The molecule has 3 aromatic rings. The van der Waals surface area contributed by atoms with E-state index >= 15 is 0 Å². The second-order valence-corrected chi connectivity index (χ2v) is 8.85. The summed E-state index contributed by atoms with van der Waals surface area (Å²) < 4.78 is 2.10. The Balaban J connectivity index is 1.80. The minimum Gasteiger partial charge on any atom is -0.339 e.